The Balaban J connectivity index is 2.21. The number of hydrogen-bond acceptors (Lipinski definition) is 2. The zero-order valence-electron chi connectivity index (χ0n) is 9.88. The lowest BCUT2D eigenvalue weighted by molar-refractivity contribution is -0.355. The smallest absolute Gasteiger partial charge is 0.272 e. The van der Waals surface area contributed by atoms with E-state index in [-0.39, 0.29) is 11.5 Å². The molecular weight excluding hydrogens is 226 g/mol. The highest BCUT2D eigenvalue weighted by molar-refractivity contribution is 6.52. The summed E-state index contributed by atoms with van der Waals surface area (Å²) in [5.41, 5.74) is 2.81. The highest BCUT2D eigenvalue weighted by Gasteiger charge is 2.35. The highest BCUT2D eigenvalue weighted by atomic mass is 16.5. The zero-order chi connectivity index (χ0) is 12.7. The number of Topliss-reactive ketones (excluding diaryl/α,β-unsaturated/α-hetero) is 1. The monoisotopic (exact) mass is 237 g/mol. The molecular formula is C15H11NO2. The maximum absolute atomic E-state index is 12.2. The number of para-hydroxylation sites is 1. The third-order valence-electron chi connectivity index (χ3n) is 3.08. The van der Waals surface area contributed by atoms with Gasteiger partial charge in [0.2, 0.25) is 5.69 Å². The van der Waals surface area contributed by atoms with E-state index in [0.29, 0.717) is 16.8 Å². The normalized spacial score (nSPS) is 13.9. The van der Waals surface area contributed by atoms with Gasteiger partial charge in [-0.15, -0.1) is 0 Å². The van der Waals surface area contributed by atoms with Gasteiger partial charge >= 0.3 is 0 Å². The molecule has 0 N–H and O–H groups in total. The van der Waals surface area contributed by atoms with E-state index in [1.54, 1.807) is 30.3 Å². The van der Waals surface area contributed by atoms with Crippen LogP contribution in [0.4, 0.5) is 5.69 Å². The zero-order valence-corrected chi connectivity index (χ0v) is 9.88. The summed E-state index contributed by atoms with van der Waals surface area (Å²) in [6.07, 6.45) is 0. The molecule has 3 rings (SSSR count). The van der Waals surface area contributed by atoms with E-state index < -0.39 is 0 Å². The Hall–Kier alpha value is -2.42. The molecule has 1 heterocycles. The second kappa shape index (κ2) is 3.81. The van der Waals surface area contributed by atoms with Crippen molar-refractivity contribution in [2.75, 3.05) is 0 Å². The largest absolute Gasteiger partial charge is 0.618 e. The van der Waals surface area contributed by atoms with Crippen molar-refractivity contribution < 1.29 is 9.53 Å². The Morgan fingerprint density at radius 2 is 1.83 bits per heavy atom. The van der Waals surface area contributed by atoms with Gasteiger partial charge in [-0.3, -0.25) is 4.79 Å². The third-order valence-corrected chi connectivity index (χ3v) is 3.08. The fourth-order valence-corrected chi connectivity index (χ4v) is 2.22. The van der Waals surface area contributed by atoms with Crippen LogP contribution in [0.5, 0.6) is 0 Å². The van der Waals surface area contributed by atoms with E-state index in [0.717, 1.165) is 10.3 Å². The summed E-state index contributed by atoms with van der Waals surface area (Å²) < 4.78 is 0.729. The average molecular weight is 237 g/mol. The lowest BCUT2D eigenvalue weighted by atomic mass is 10.0. The molecule has 1 aliphatic heterocycles. The minimum Gasteiger partial charge on any atom is -0.618 e. The molecule has 0 unspecified atom stereocenters. The summed E-state index contributed by atoms with van der Waals surface area (Å²) in [7, 11) is 0. The first-order chi connectivity index (χ1) is 8.68. The SMILES string of the molecule is Cc1cccc(C2=[N+]([O-])c3ccccc3C2=O)c1. The van der Waals surface area contributed by atoms with Crippen LogP contribution >= 0.6 is 0 Å². The van der Waals surface area contributed by atoms with Crippen molar-refractivity contribution in [1.29, 1.82) is 0 Å². The van der Waals surface area contributed by atoms with Gasteiger partial charge < -0.3 is 5.21 Å². The summed E-state index contributed by atoms with van der Waals surface area (Å²) in [6.45, 7) is 1.94. The van der Waals surface area contributed by atoms with Crippen LogP contribution in [0.1, 0.15) is 21.5 Å². The summed E-state index contributed by atoms with van der Waals surface area (Å²) >= 11 is 0. The van der Waals surface area contributed by atoms with Gasteiger partial charge in [0.15, 0.2) is 0 Å². The van der Waals surface area contributed by atoms with Gasteiger partial charge in [-0.1, -0.05) is 29.8 Å². The second-order valence-electron chi connectivity index (χ2n) is 4.36. The van der Waals surface area contributed by atoms with E-state index in [1.165, 1.54) is 0 Å². The molecule has 0 saturated heterocycles. The molecule has 0 radical (unpaired) electrons. The molecule has 2 aromatic rings. The van der Waals surface area contributed by atoms with E-state index in [1.807, 2.05) is 25.1 Å². The standard InChI is InChI=1S/C15H11NO2/c1-10-5-4-6-11(9-10)14-15(17)12-7-2-3-8-13(12)16(14)18/h2-9H,1H3. The molecule has 0 fully saturated rings. The van der Waals surface area contributed by atoms with Crippen molar-refractivity contribution in [2.24, 2.45) is 0 Å². The first-order valence-electron chi connectivity index (χ1n) is 5.73. The number of rotatable bonds is 1. The molecule has 0 atom stereocenters. The number of aryl methyl sites for hydroxylation is 1. The van der Waals surface area contributed by atoms with Crippen molar-refractivity contribution in [2.45, 2.75) is 6.92 Å². The summed E-state index contributed by atoms with van der Waals surface area (Å²) in [5.74, 6) is -0.203. The van der Waals surface area contributed by atoms with Crippen molar-refractivity contribution in [3.8, 4) is 0 Å². The number of carbonyl (C=O) groups is 1. The van der Waals surface area contributed by atoms with Crippen LogP contribution in [-0.2, 0) is 0 Å². The number of hydrogen-bond donors (Lipinski definition) is 0. The van der Waals surface area contributed by atoms with Gasteiger partial charge in [-0.2, -0.15) is 4.74 Å². The molecule has 2 aromatic carbocycles. The topological polar surface area (TPSA) is 43.1 Å². The molecule has 3 heteroatoms. The molecule has 3 nitrogen and oxygen atoms in total. The Morgan fingerprint density at radius 1 is 1.06 bits per heavy atom. The fraction of sp³-hybridized carbons (Fsp3) is 0.0667. The highest BCUT2D eigenvalue weighted by Crippen LogP contribution is 2.27. The number of carbonyl (C=O) groups excluding carboxylic acids is 1. The van der Waals surface area contributed by atoms with Crippen LogP contribution in [0.2, 0.25) is 0 Å². The third kappa shape index (κ3) is 1.44. The van der Waals surface area contributed by atoms with Gasteiger partial charge in [0.05, 0.1) is 5.56 Å². The predicted octanol–water partition coefficient (Wildman–Crippen LogP) is 2.82. The van der Waals surface area contributed by atoms with E-state index in [2.05, 4.69) is 0 Å². The molecule has 0 aliphatic carbocycles. The van der Waals surface area contributed by atoms with Gasteiger partial charge in [0, 0.05) is 6.07 Å². The van der Waals surface area contributed by atoms with Crippen LogP contribution in [-0.4, -0.2) is 16.2 Å². The summed E-state index contributed by atoms with van der Waals surface area (Å²) in [4.78, 5) is 12.2. The summed E-state index contributed by atoms with van der Waals surface area (Å²) in [5, 5.41) is 12.2. The molecule has 0 bridgehead atoms. The number of nitrogens with zero attached hydrogens (tertiary/aromatic N) is 1. The first-order valence-corrected chi connectivity index (χ1v) is 5.73. The molecule has 0 spiro atoms. The van der Waals surface area contributed by atoms with E-state index in [4.69, 9.17) is 0 Å². The lowest BCUT2D eigenvalue weighted by Gasteiger charge is -2.02. The van der Waals surface area contributed by atoms with E-state index in [9.17, 15) is 10.0 Å². The van der Waals surface area contributed by atoms with Crippen LogP contribution < -0.4 is 0 Å². The minimum atomic E-state index is -0.203. The molecule has 0 aromatic heterocycles. The molecule has 1 aliphatic rings. The Kier molecular flexibility index (Phi) is 2.27. The Bertz CT molecular complexity index is 686. The van der Waals surface area contributed by atoms with Crippen molar-refractivity contribution >= 4 is 17.2 Å². The fourth-order valence-electron chi connectivity index (χ4n) is 2.22. The molecule has 0 saturated carbocycles. The predicted molar refractivity (Wildman–Crippen MR) is 69.3 cm³/mol. The second-order valence-corrected chi connectivity index (χ2v) is 4.36. The lowest BCUT2D eigenvalue weighted by Crippen LogP contribution is -2.16. The average Bonchev–Trinajstić information content (AvgIpc) is 2.63. The number of fused-ring (bicyclic) bond motifs is 1. The van der Waals surface area contributed by atoms with Crippen LogP contribution in [0, 0.1) is 12.1 Å². The molecule has 88 valence electrons. The van der Waals surface area contributed by atoms with Crippen molar-refractivity contribution in [3.05, 3.63) is 70.4 Å². The number of ketones is 1. The maximum atomic E-state index is 12.2. The van der Waals surface area contributed by atoms with Crippen LogP contribution in [0.25, 0.3) is 0 Å². The quantitative estimate of drug-likeness (QED) is 0.565. The Labute approximate surface area is 105 Å². The first kappa shape index (κ1) is 10.7. The van der Waals surface area contributed by atoms with Crippen LogP contribution in [0.15, 0.2) is 48.5 Å². The van der Waals surface area contributed by atoms with Crippen molar-refractivity contribution in [3.63, 3.8) is 0 Å². The number of benzene rings is 2. The minimum absolute atomic E-state index is 0.203. The van der Waals surface area contributed by atoms with Gasteiger partial charge in [-0.25, -0.2) is 0 Å². The van der Waals surface area contributed by atoms with Crippen molar-refractivity contribution in [1.82, 2.24) is 0 Å². The maximum Gasteiger partial charge on any atom is 0.272 e. The summed E-state index contributed by atoms with van der Waals surface area (Å²) in [6, 6.07) is 14.3. The molecule has 0 amide bonds. The molecule has 18 heavy (non-hydrogen) atoms. The van der Waals surface area contributed by atoms with E-state index >= 15 is 0 Å². The van der Waals surface area contributed by atoms with Gasteiger partial charge in [0.25, 0.3) is 11.5 Å². The van der Waals surface area contributed by atoms with Crippen LogP contribution in [0.3, 0.4) is 0 Å². The van der Waals surface area contributed by atoms with Gasteiger partial charge in [-0.05, 0) is 25.1 Å². The van der Waals surface area contributed by atoms with Gasteiger partial charge in [0.1, 0.15) is 5.56 Å². The Morgan fingerprint density at radius 3 is 2.56 bits per heavy atom.